The first-order valence-corrected chi connectivity index (χ1v) is 13.2. The average molecular weight is 509 g/mol. The highest BCUT2D eigenvalue weighted by Crippen LogP contribution is 2.25. The van der Waals surface area contributed by atoms with E-state index in [1.165, 1.54) is 0 Å². The van der Waals surface area contributed by atoms with Crippen molar-refractivity contribution in [3.05, 3.63) is 114 Å². The van der Waals surface area contributed by atoms with Gasteiger partial charge in [0.25, 0.3) is 5.91 Å². The van der Waals surface area contributed by atoms with Crippen LogP contribution in [-0.2, 0) is 22.6 Å². The first-order valence-electron chi connectivity index (χ1n) is 13.2. The van der Waals surface area contributed by atoms with Crippen molar-refractivity contribution in [2.24, 2.45) is 0 Å². The van der Waals surface area contributed by atoms with Crippen LogP contribution in [0, 0.1) is 6.92 Å². The molecule has 38 heavy (non-hydrogen) atoms. The SMILES string of the molecule is CC[C@@H](C)NC(=O)[C@H](Cc1ccccc1)N(Cc1ccccc1C)C(=O)COc1cccc2ccccc12. The summed E-state index contributed by atoms with van der Waals surface area (Å²) < 4.78 is 6.09. The fourth-order valence-corrected chi connectivity index (χ4v) is 4.51. The second-order valence-electron chi connectivity index (χ2n) is 9.74. The maximum absolute atomic E-state index is 13.9. The van der Waals surface area contributed by atoms with Crippen molar-refractivity contribution in [2.45, 2.75) is 52.2 Å². The van der Waals surface area contributed by atoms with Gasteiger partial charge in [0, 0.05) is 24.4 Å². The smallest absolute Gasteiger partial charge is 0.261 e. The Morgan fingerprint density at radius 1 is 0.868 bits per heavy atom. The van der Waals surface area contributed by atoms with E-state index in [0.717, 1.165) is 33.9 Å². The summed E-state index contributed by atoms with van der Waals surface area (Å²) in [5, 5.41) is 5.10. The molecule has 2 amide bonds. The molecule has 5 nitrogen and oxygen atoms in total. The summed E-state index contributed by atoms with van der Waals surface area (Å²) in [6.07, 6.45) is 1.22. The summed E-state index contributed by atoms with van der Waals surface area (Å²) in [7, 11) is 0. The molecule has 0 aliphatic carbocycles. The highest BCUT2D eigenvalue weighted by atomic mass is 16.5. The van der Waals surface area contributed by atoms with Gasteiger partial charge in [0.05, 0.1) is 0 Å². The van der Waals surface area contributed by atoms with Crippen molar-refractivity contribution in [1.29, 1.82) is 0 Å². The van der Waals surface area contributed by atoms with Gasteiger partial charge in [-0.1, -0.05) is 97.9 Å². The van der Waals surface area contributed by atoms with Crippen LogP contribution in [0.2, 0.25) is 0 Å². The molecule has 4 aromatic carbocycles. The van der Waals surface area contributed by atoms with Crippen LogP contribution in [0.4, 0.5) is 0 Å². The third-order valence-corrected chi connectivity index (χ3v) is 6.97. The number of rotatable bonds is 11. The number of carbonyl (C=O) groups excluding carboxylic acids is 2. The Balaban J connectivity index is 1.66. The van der Waals surface area contributed by atoms with Gasteiger partial charge in [-0.15, -0.1) is 0 Å². The van der Waals surface area contributed by atoms with Crippen molar-refractivity contribution >= 4 is 22.6 Å². The van der Waals surface area contributed by atoms with Gasteiger partial charge in [-0.25, -0.2) is 0 Å². The van der Waals surface area contributed by atoms with Gasteiger partial charge in [0.15, 0.2) is 6.61 Å². The molecular formula is C33H36N2O3. The number of benzene rings is 4. The Morgan fingerprint density at radius 2 is 1.55 bits per heavy atom. The van der Waals surface area contributed by atoms with Crippen molar-refractivity contribution in [3.8, 4) is 5.75 Å². The molecule has 0 aromatic heterocycles. The van der Waals surface area contributed by atoms with Gasteiger partial charge in [-0.05, 0) is 48.4 Å². The standard InChI is InChI=1S/C33H36N2O3/c1-4-25(3)34-33(37)30(21-26-14-6-5-7-15-26)35(22-28-17-9-8-13-24(28)2)32(36)23-38-31-20-12-18-27-16-10-11-19-29(27)31/h5-20,25,30H,4,21-23H2,1-3H3,(H,34,37)/t25-,30+/m1/s1. The molecule has 0 fully saturated rings. The predicted molar refractivity (Wildman–Crippen MR) is 153 cm³/mol. The van der Waals surface area contributed by atoms with Crippen LogP contribution in [0.15, 0.2) is 97.1 Å². The number of hydrogen-bond donors (Lipinski definition) is 1. The molecule has 0 saturated heterocycles. The van der Waals surface area contributed by atoms with Gasteiger partial charge < -0.3 is 15.0 Å². The quantitative estimate of drug-likeness (QED) is 0.267. The lowest BCUT2D eigenvalue weighted by molar-refractivity contribution is -0.143. The monoisotopic (exact) mass is 508 g/mol. The van der Waals surface area contributed by atoms with Gasteiger partial charge in [-0.3, -0.25) is 9.59 Å². The summed E-state index contributed by atoms with van der Waals surface area (Å²) in [6, 6.07) is 30.9. The molecule has 4 rings (SSSR count). The molecule has 5 heteroatoms. The summed E-state index contributed by atoms with van der Waals surface area (Å²) in [5.74, 6) is 0.257. The fourth-order valence-electron chi connectivity index (χ4n) is 4.51. The number of nitrogens with zero attached hydrogens (tertiary/aromatic N) is 1. The number of carbonyl (C=O) groups is 2. The van der Waals surface area contributed by atoms with E-state index in [-0.39, 0.29) is 24.5 Å². The Hall–Kier alpha value is -4.12. The average Bonchev–Trinajstić information content (AvgIpc) is 2.94. The largest absolute Gasteiger partial charge is 0.483 e. The number of amides is 2. The van der Waals surface area contributed by atoms with Crippen LogP contribution in [0.25, 0.3) is 10.8 Å². The maximum Gasteiger partial charge on any atom is 0.261 e. The van der Waals surface area contributed by atoms with E-state index >= 15 is 0 Å². The topological polar surface area (TPSA) is 58.6 Å². The second kappa shape index (κ2) is 12.9. The van der Waals surface area contributed by atoms with E-state index in [9.17, 15) is 9.59 Å². The number of fused-ring (bicyclic) bond motifs is 1. The van der Waals surface area contributed by atoms with E-state index in [2.05, 4.69) is 5.32 Å². The minimum absolute atomic E-state index is 0.00289. The van der Waals surface area contributed by atoms with Gasteiger partial charge in [0.1, 0.15) is 11.8 Å². The van der Waals surface area contributed by atoms with Crippen molar-refractivity contribution in [2.75, 3.05) is 6.61 Å². The Morgan fingerprint density at radius 3 is 2.32 bits per heavy atom. The fraction of sp³-hybridized carbons (Fsp3) is 0.273. The second-order valence-corrected chi connectivity index (χ2v) is 9.74. The summed E-state index contributed by atoms with van der Waals surface area (Å²) >= 11 is 0. The molecule has 0 heterocycles. The van der Waals surface area contributed by atoms with E-state index in [1.807, 2.05) is 118 Å². The zero-order valence-electron chi connectivity index (χ0n) is 22.4. The summed E-state index contributed by atoms with van der Waals surface area (Å²) in [6.45, 7) is 6.19. The molecule has 0 spiro atoms. The van der Waals surface area contributed by atoms with Crippen LogP contribution in [0.5, 0.6) is 5.75 Å². The van der Waals surface area contributed by atoms with E-state index < -0.39 is 6.04 Å². The van der Waals surface area contributed by atoms with Gasteiger partial charge in [-0.2, -0.15) is 0 Å². The normalized spacial score (nSPS) is 12.5. The van der Waals surface area contributed by atoms with Crippen molar-refractivity contribution < 1.29 is 14.3 Å². The molecule has 0 aliphatic rings. The van der Waals surface area contributed by atoms with Crippen molar-refractivity contribution in [1.82, 2.24) is 10.2 Å². The first kappa shape index (κ1) is 26.9. The van der Waals surface area contributed by atoms with E-state index in [0.29, 0.717) is 18.7 Å². The number of nitrogens with one attached hydrogen (secondary N) is 1. The number of aryl methyl sites for hydroxylation is 1. The first-order chi connectivity index (χ1) is 18.5. The minimum Gasteiger partial charge on any atom is -0.483 e. The summed E-state index contributed by atoms with van der Waals surface area (Å²) in [4.78, 5) is 29.2. The lowest BCUT2D eigenvalue weighted by Gasteiger charge is -2.32. The number of hydrogen-bond acceptors (Lipinski definition) is 3. The highest BCUT2D eigenvalue weighted by molar-refractivity contribution is 5.90. The van der Waals surface area contributed by atoms with E-state index in [1.54, 1.807) is 4.90 Å². The Bertz CT molecular complexity index is 1360. The zero-order chi connectivity index (χ0) is 26.9. The van der Waals surface area contributed by atoms with Crippen LogP contribution >= 0.6 is 0 Å². The lowest BCUT2D eigenvalue weighted by Crippen LogP contribution is -2.53. The van der Waals surface area contributed by atoms with Gasteiger partial charge in [0.2, 0.25) is 5.91 Å². The summed E-state index contributed by atoms with van der Waals surface area (Å²) in [5.41, 5.74) is 3.07. The lowest BCUT2D eigenvalue weighted by atomic mass is 10.0. The highest BCUT2D eigenvalue weighted by Gasteiger charge is 2.31. The van der Waals surface area contributed by atoms with Crippen LogP contribution in [0.3, 0.4) is 0 Å². The molecular weight excluding hydrogens is 472 g/mol. The van der Waals surface area contributed by atoms with E-state index in [4.69, 9.17) is 4.74 Å². The molecule has 0 aliphatic heterocycles. The molecule has 1 N–H and O–H groups in total. The maximum atomic E-state index is 13.9. The van der Waals surface area contributed by atoms with Gasteiger partial charge >= 0.3 is 0 Å². The van der Waals surface area contributed by atoms with Crippen LogP contribution in [0.1, 0.15) is 37.0 Å². The third kappa shape index (κ3) is 6.80. The van der Waals surface area contributed by atoms with Crippen molar-refractivity contribution in [3.63, 3.8) is 0 Å². The van der Waals surface area contributed by atoms with Crippen LogP contribution in [-0.4, -0.2) is 35.4 Å². The molecule has 0 bridgehead atoms. The Kier molecular flexibility index (Phi) is 9.15. The molecule has 4 aromatic rings. The third-order valence-electron chi connectivity index (χ3n) is 6.97. The minimum atomic E-state index is -0.686. The molecule has 0 radical (unpaired) electrons. The molecule has 0 unspecified atom stereocenters. The predicted octanol–water partition coefficient (Wildman–Crippen LogP) is 6.08. The molecule has 0 saturated carbocycles. The Labute approximate surface area is 225 Å². The number of ether oxygens (including phenoxy) is 1. The zero-order valence-corrected chi connectivity index (χ0v) is 22.4. The molecule has 196 valence electrons. The molecule has 2 atom stereocenters. The van der Waals surface area contributed by atoms with Crippen LogP contribution < -0.4 is 10.1 Å².